The fourth-order valence-electron chi connectivity index (χ4n) is 3.63. The van der Waals surface area contributed by atoms with E-state index in [1.807, 2.05) is 25.1 Å². The minimum atomic E-state index is -0.0833. The van der Waals surface area contributed by atoms with Crippen LogP contribution in [0.5, 0.6) is 0 Å². The van der Waals surface area contributed by atoms with Gasteiger partial charge in [0.2, 0.25) is 5.91 Å². The summed E-state index contributed by atoms with van der Waals surface area (Å²) in [6.07, 6.45) is 3.41. The van der Waals surface area contributed by atoms with Crippen LogP contribution in [-0.2, 0) is 17.6 Å². The number of nitriles is 1. The Balaban J connectivity index is 1.61. The fourth-order valence-corrected chi connectivity index (χ4v) is 4.55. The van der Waals surface area contributed by atoms with E-state index in [2.05, 4.69) is 37.1 Å². The molecule has 0 saturated carbocycles. The van der Waals surface area contributed by atoms with Gasteiger partial charge in [0, 0.05) is 23.6 Å². The van der Waals surface area contributed by atoms with Gasteiger partial charge in [-0.25, -0.2) is 9.97 Å². The maximum Gasteiger partial charge on any atom is 0.226 e. The topological polar surface area (TPSA) is 78.7 Å². The largest absolute Gasteiger partial charge is 0.311 e. The molecule has 0 radical (unpaired) electrons. The molecule has 2 aromatic rings. The van der Waals surface area contributed by atoms with Gasteiger partial charge in [0.25, 0.3) is 0 Å². The SMILES string of the molecule is Cc1cccc(NC(=O)CCSc2nc3c(cc2C#N)CC(C(C)(C)C)CC3)n1. The van der Waals surface area contributed by atoms with E-state index in [-0.39, 0.29) is 11.3 Å². The second-order valence-electron chi connectivity index (χ2n) is 8.68. The van der Waals surface area contributed by atoms with Crippen LogP contribution in [0.1, 0.15) is 56.1 Å². The Labute approximate surface area is 177 Å². The number of thioether (sulfide) groups is 1. The van der Waals surface area contributed by atoms with E-state index >= 15 is 0 Å². The van der Waals surface area contributed by atoms with Crippen LogP contribution in [0, 0.1) is 29.6 Å². The van der Waals surface area contributed by atoms with E-state index in [0.29, 0.717) is 29.5 Å². The van der Waals surface area contributed by atoms with Crippen molar-refractivity contribution in [2.45, 2.75) is 58.4 Å². The van der Waals surface area contributed by atoms with Gasteiger partial charge in [-0.15, -0.1) is 11.8 Å². The van der Waals surface area contributed by atoms with Crippen LogP contribution in [0.2, 0.25) is 0 Å². The van der Waals surface area contributed by atoms with E-state index in [0.717, 1.165) is 35.7 Å². The van der Waals surface area contributed by atoms with Gasteiger partial charge in [0.05, 0.1) is 5.56 Å². The molecule has 1 amide bonds. The monoisotopic (exact) mass is 408 g/mol. The second kappa shape index (κ2) is 8.96. The van der Waals surface area contributed by atoms with Crippen molar-refractivity contribution in [3.05, 3.63) is 46.8 Å². The van der Waals surface area contributed by atoms with Crippen LogP contribution in [0.15, 0.2) is 29.3 Å². The molecule has 1 aliphatic carbocycles. The summed E-state index contributed by atoms with van der Waals surface area (Å²) >= 11 is 1.48. The number of amides is 1. The Morgan fingerprint density at radius 1 is 1.34 bits per heavy atom. The number of fused-ring (bicyclic) bond motifs is 1. The summed E-state index contributed by atoms with van der Waals surface area (Å²) in [5.41, 5.74) is 4.06. The molecule has 2 heterocycles. The normalized spacial score (nSPS) is 16.0. The van der Waals surface area contributed by atoms with Gasteiger partial charge in [-0.05, 0) is 61.3 Å². The molecule has 5 nitrogen and oxygen atoms in total. The minimum absolute atomic E-state index is 0.0833. The van der Waals surface area contributed by atoms with Crippen molar-refractivity contribution in [2.24, 2.45) is 11.3 Å². The van der Waals surface area contributed by atoms with Crippen LogP contribution in [0.4, 0.5) is 5.82 Å². The van der Waals surface area contributed by atoms with E-state index in [4.69, 9.17) is 4.98 Å². The van der Waals surface area contributed by atoms with E-state index < -0.39 is 0 Å². The lowest BCUT2D eigenvalue weighted by Gasteiger charge is -2.34. The van der Waals surface area contributed by atoms with Crippen molar-refractivity contribution in [3.8, 4) is 6.07 Å². The molecule has 0 saturated heterocycles. The number of aryl methyl sites for hydroxylation is 2. The second-order valence-corrected chi connectivity index (χ2v) is 9.76. The lowest BCUT2D eigenvalue weighted by molar-refractivity contribution is -0.115. The zero-order chi connectivity index (χ0) is 21.0. The first-order valence-corrected chi connectivity index (χ1v) is 11.0. The van der Waals surface area contributed by atoms with Crippen LogP contribution >= 0.6 is 11.8 Å². The van der Waals surface area contributed by atoms with Crippen molar-refractivity contribution >= 4 is 23.5 Å². The van der Waals surface area contributed by atoms with Crippen LogP contribution in [-0.4, -0.2) is 21.6 Å². The maximum atomic E-state index is 12.2. The maximum absolute atomic E-state index is 12.2. The highest BCUT2D eigenvalue weighted by atomic mass is 32.2. The number of pyridine rings is 2. The Hall–Kier alpha value is -2.39. The first kappa shape index (κ1) is 21.3. The first-order chi connectivity index (χ1) is 13.8. The minimum Gasteiger partial charge on any atom is -0.311 e. The Morgan fingerprint density at radius 3 is 2.83 bits per heavy atom. The summed E-state index contributed by atoms with van der Waals surface area (Å²) in [5, 5.41) is 13.1. The van der Waals surface area contributed by atoms with Gasteiger partial charge in [-0.2, -0.15) is 5.26 Å². The molecule has 1 atom stereocenters. The summed E-state index contributed by atoms with van der Waals surface area (Å²) in [6.45, 7) is 8.73. The number of carbonyl (C=O) groups excluding carboxylic acids is 1. The van der Waals surface area contributed by atoms with Gasteiger partial charge < -0.3 is 5.32 Å². The molecule has 6 heteroatoms. The van der Waals surface area contributed by atoms with E-state index in [1.165, 1.54) is 17.3 Å². The predicted octanol–water partition coefficient (Wildman–Crippen LogP) is 4.93. The highest BCUT2D eigenvalue weighted by Gasteiger charge is 2.30. The average molecular weight is 409 g/mol. The number of aromatic nitrogens is 2. The molecule has 1 aliphatic rings. The van der Waals surface area contributed by atoms with Crippen molar-refractivity contribution in [1.82, 2.24) is 9.97 Å². The van der Waals surface area contributed by atoms with Gasteiger partial charge in [-0.3, -0.25) is 4.79 Å². The van der Waals surface area contributed by atoms with Crippen molar-refractivity contribution in [2.75, 3.05) is 11.1 Å². The number of nitrogens with zero attached hydrogens (tertiary/aromatic N) is 3. The zero-order valence-electron chi connectivity index (χ0n) is 17.6. The molecule has 2 aromatic heterocycles. The number of anilines is 1. The van der Waals surface area contributed by atoms with Crippen LogP contribution < -0.4 is 5.32 Å². The third-order valence-corrected chi connectivity index (χ3v) is 6.41. The fraction of sp³-hybridized carbons (Fsp3) is 0.478. The van der Waals surface area contributed by atoms with E-state index in [1.54, 1.807) is 6.07 Å². The molecular formula is C23H28N4OS. The Morgan fingerprint density at radius 2 is 2.14 bits per heavy atom. The van der Waals surface area contributed by atoms with Crippen molar-refractivity contribution in [1.29, 1.82) is 5.26 Å². The molecule has 0 spiro atoms. The highest BCUT2D eigenvalue weighted by Crippen LogP contribution is 2.38. The number of nitrogens with one attached hydrogen (secondary N) is 1. The van der Waals surface area contributed by atoms with Gasteiger partial charge in [0.15, 0.2) is 0 Å². The lowest BCUT2D eigenvalue weighted by atomic mass is 9.71. The third kappa shape index (κ3) is 5.57. The molecule has 0 fully saturated rings. The summed E-state index contributed by atoms with van der Waals surface area (Å²) < 4.78 is 0. The van der Waals surface area contributed by atoms with Gasteiger partial charge in [0.1, 0.15) is 16.9 Å². The summed E-state index contributed by atoms with van der Waals surface area (Å²) in [6, 6.07) is 9.84. The molecule has 1 N–H and O–H groups in total. The van der Waals surface area contributed by atoms with E-state index in [9.17, 15) is 10.1 Å². The molecule has 29 heavy (non-hydrogen) atoms. The van der Waals surface area contributed by atoms with Crippen molar-refractivity contribution in [3.63, 3.8) is 0 Å². The molecule has 1 unspecified atom stereocenters. The van der Waals surface area contributed by atoms with Gasteiger partial charge >= 0.3 is 0 Å². The molecule has 0 bridgehead atoms. The summed E-state index contributed by atoms with van der Waals surface area (Å²) in [4.78, 5) is 21.3. The van der Waals surface area contributed by atoms with Gasteiger partial charge in [-0.1, -0.05) is 26.8 Å². The van der Waals surface area contributed by atoms with Crippen LogP contribution in [0.25, 0.3) is 0 Å². The Kier molecular flexibility index (Phi) is 6.59. The number of rotatable bonds is 5. The quantitative estimate of drug-likeness (QED) is 0.710. The summed E-state index contributed by atoms with van der Waals surface area (Å²) in [7, 11) is 0. The number of hydrogen-bond donors (Lipinski definition) is 1. The molecular weight excluding hydrogens is 380 g/mol. The molecule has 3 rings (SSSR count). The molecule has 0 aromatic carbocycles. The Bertz CT molecular complexity index is 943. The molecule has 0 aliphatic heterocycles. The highest BCUT2D eigenvalue weighted by molar-refractivity contribution is 7.99. The molecule has 152 valence electrons. The number of hydrogen-bond acceptors (Lipinski definition) is 5. The van der Waals surface area contributed by atoms with Crippen molar-refractivity contribution < 1.29 is 4.79 Å². The third-order valence-electron chi connectivity index (χ3n) is 5.42. The number of carbonyl (C=O) groups is 1. The zero-order valence-corrected chi connectivity index (χ0v) is 18.4. The standard InChI is InChI=1S/C23H28N4OS/c1-15-6-5-7-20(25-15)27-21(28)10-11-29-22-17(14-24)12-16-13-18(23(2,3)4)8-9-19(16)26-22/h5-7,12,18H,8-11,13H2,1-4H3,(H,25,27,28). The average Bonchev–Trinajstić information content (AvgIpc) is 2.66. The summed E-state index contributed by atoms with van der Waals surface area (Å²) in [5.74, 6) is 1.67. The lowest BCUT2D eigenvalue weighted by Crippen LogP contribution is -2.27. The first-order valence-electron chi connectivity index (χ1n) is 10.1. The van der Waals surface area contributed by atoms with Crippen LogP contribution in [0.3, 0.4) is 0 Å². The predicted molar refractivity (Wildman–Crippen MR) is 117 cm³/mol. The smallest absolute Gasteiger partial charge is 0.226 e.